The Kier molecular flexibility index (Phi) is 9.40. The van der Waals surface area contributed by atoms with Gasteiger partial charge in [0.25, 0.3) is 5.56 Å². The Balaban J connectivity index is 1.26. The molecule has 0 aliphatic carbocycles. The van der Waals surface area contributed by atoms with E-state index in [1.165, 1.54) is 4.57 Å². The van der Waals surface area contributed by atoms with Gasteiger partial charge in [-0.05, 0) is 67.9 Å². The Labute approximate surface area is 296 Å². The van der Waals surface area contributed by atoms with Crippen LogP contribution in [-0.2, 0) is 32.1 Å². The molecule has 2 saturated heterocycles. The maximum atomic E-state index is 13.4. The second kappa shape index (κ2) is 13.9. The third-order valence-electron chi connectivity index (χ3n) is 9.84. The number of aromatic nitrogens is 4. The number of aryl methyl sites for hydroxylation is 1. The molecule has 0 spiro atoms. The summed E-state index contributed by atoms with van der Waals surface area (Å²) in [5.74, 6) is -0.0290. The molecule has 51 heavy (non-hydrogen) atoms. The number of nitrogens with zero attached hydrogens (tertiary/aromatic N) is 6. The van der Waals surface area contributed by atoms with Crippen LogP contribution < -0.4 is 15.6 Å². The number of carbonyl (C=O) groups excluding carboxylic acids is 1. The fourth-order valence-corrected chi connectivity index (χ4v) is 7.47. The summed E-state index contributed by atoms with van der Waals surface area (Å²) in [7, 11) is -1.95. The standard InChI is InChI=1S/C37H42N8O5S/c1-4-51(48,49)41-30-19-26(21-32-29(30)11-14-45(32)37(2,33-9-5-7-12-38-33)34-10-6-8-13-39-34)27-20-31(36(47)42(3)22-27)40-28-23-44(24-28)35(46)25-43-15-17-50-18-16-43/h5-14,19-22,28,40-41H,4,15-18,23-25H2,1-3H3. The summed E-state index contributed by atoms with van der Waals surface area (Å²) >= 11 is 0. The smallest absolute Gasteiger partial charge is 0.273 e. The molecule has 266 valence electrons. The zero-order valence-electron chi connectivity index (χ0n) is 28.9. The van der Waals surface area contributed by atoms with Gasteiger partial charge in [-0.2, -0.15) is 0 Å². The zero-order chi connectivity index (χ0) is 35.8. The lowest BCUT2D eigenvalue weighted by Gasteiger charge is -2.41. The number of morpholine rings is 1. The second-order valence-electron chi connectivity index (χ2n) is 13.2. The topological polar surface area (TPSA) is 144 Å². The molecule has 7 rings (SSSR count). The van der Waals surface area contributed by atoms with Gasteiger partial charge < -0.3 is 24.1 Å². The molecule has 13 nitrogen and oxygen atoms in total. The highest BCUT2D eigenvalue weighted by Crippen LogP contribution is 2.39. The summed E-state index contributed by atoms with van der Waals surface area (Å²) in [6.45, 7) is 7.75. The highest BCUT2D eigenvalue weighted by molar-refractivity contribution is 7.92. The molecule has 1 amide bonds. The number of rotatable bonds is 11. The molecule has 2 fully saturated rings. The fourth-order valence-electron chi connectivity index (χ4n) is 6.82. The van der Waals surface area contributed by atoms with Gasteiger partial charge in [0.2, 0.25) is 15.9 Å². The van der Waals surface area contributed by atoms with Crippen LogP contribution in [0.3, 0.4) is 0 Å². The third-order valence-corrected chi connectivity index (χ3v) is 11.1. The quantitative estimate of drug-likeness (QED) is 0.211. The first-order valence-electron chi connectivity index (χ1n) is 17.1. The molecule has 2 aliphatic heterocycles. The zero-order valence-corrected chi connectivity index (χ0v) is 29.8. The molecule has 1 aromatic carbocycles. The van der Waals surface area contributed by atoms with Crippen LogP contribution in [0.1, 0.15) is 25.2 Å². The summed E-state index contributed by atoms with van der Waals surface area (Å²) in [6.07, 6.45) is 7.16. The largest absolute Gasteiger partial charge is 0.379 e. The number of carbonyl (C=O) groups is 1. The van der Waals surface area contributed by atoms with E-state index < -0.39 is 15.6 Å². The van der Waals surface area contributed by atoms with Gasteiger partial charge in [0.1, 0.15) is 11.2 Å². The Hall–Kier alpha value is -5.05. The van der Waals surface area contributed by atoms with Gasteiger partial charge in [-0.15, -0.1) is 0 Å². The minimum absolute atomic E-state index is 0.0679. The number of hydrogen-bond acceptors (Lipinski definition) is 9. The number of ether oxygens (including phenoxy) is 1. The predicted molar refractivity (Wildman–Crippen MR) is 197 cm³/mol. The van der Waals surface area contributed by atoms with E-state index in [4.69, 9.17) is 14.7 Å². The van der Waals surface area contributed by atoms with Crippen molar-refractivity contribution in [3.8, 4) is 11.1 Å². The van der Waals surface area contributed by atoms with E-state index >= 15 is 0 Å². The highest BCUT2D eigenvalue weighted by atomic mass is 32.2. The van der Waals surface area contributed by atoms with Crippen molar-refractivity contribution in [1.29, 1.82) is 0 Å². The van der Waals surface area contributed by atoms with Crippen molar-refractivity contribution in [1.82, 2.24) is 28.9 Å². The van der Waals surface area contributed by atoms with E-state index in [2.05, 4.69) is 19.5 Å². The lowest BCUT2D eigenvalue weighted by molar-refractivity contribution is -0.137. The second-order valence-corrected chi connectivity index (χ2v) is 15.2. The van der Waals surface area contributed by atoms with Gasteiger partial charge in [-0.1, -0.05) is 12.1 Å². The van der Waals surface area contributed by atoms with Crippen molar-refractivity contribution >= 4 is 38.2 Å². The Morgan fingerprint density at radius 1 is 0.961 bits per heavy atom. The van der Waals surface area contributed by atoms with Crippen molar-refractivity contribution < 1.29 is 17.9 Å². The van der Waals surface area contributed by atoms with E-state index in [-0.39, 0.29) is 23.3 Å². The van der Waals surface area contributed by atoms with Crippen molar-refractivity contribution in [2.45, 2.75) is 25.4 Å². The van der Waals surface area contributed by atoms with E-state index in [1.54, 1.807) is 49.6 Å². The van der Waals surface area contributed by atoms with Crippen LogP contribution in [0, 0.1) is 0 Å². The summed E-state index contributed by atoms with van der Waals surface area (Å²) in [5, 5.41) is 4.07. The van der Waals surface area contributed by atoms with Crippen LogP contribution in [-0.4, -0.2) is 101 Å². The molecular formula is C37H42N8O5S. The van der Waals surface area contributed by atoms with Crippen LogP contribution in [0.15, 0.2) is 90.2 Å². The van der Waals surface area contributed by atoms with Gasteiger partial charge in [0.05, 0.1) is 54.1 Å². The minimum Gasteiger partial charge on any atom is -0.379 e. The Morgan fingerprint density at radius 2 is 1.63 bits per heavy atom. The van der Waals surface area contributed by atoms with Crippen LogP contribution in [0.25, 0.3) is 22.0 Å². The molecule has 0 bridgehead atoms. The lowest BCUT2D eigenvalue weighted by Crippen LogP contribution is -2.59. The van der Waals surface area contributed by atoms with Gasteiger partial charge in [-0.25, -0.2) is 8.42 Å². The number of nitrogens with one attached hydrogen (secondary N) is 2. The van der Waals surface area contributed by atoms with Gasteiger partial charge in [0.15, 0.2) is 0 Å². The summed E-state index contributed by atoms with van der Waals surface area (Å²) in [5.41, 5.74) is 3.43. The average Bonchev–Trinajstić information content (AvgIpc) is 3.57. The van der Waals surface area contributed by atoms with Gasteiger partial charge in [-0.3, -0.25) is 29.2 Å². The van der Waals surface area contributed by atoms with Crippen LogP contribution in [0.2, 0.25) is 0 Å². The number of likely N-dealkylation sites (tertiary alicyclic amines) is 1. The lowest BCUT2D eigenvalue weighted by atomic mass is 9.91. The SMILES string of the molecule is CCS(=O)(=O)Nc1cc(-c2cc(NC3CN(C(=O)CN4CCOCC4)C3)c(=O)n(C)c2)cc2c1ccn2C(C)(c1ccccn1)c1ccccn1. The molecule has 0 radical (unpaired) electrons. The van der Waals surface area contributed by atoms with Crippen LogP contribution >= 0.6 is 0 Å². The first-order chi connectivity index (χ1) is 24.6. The number of fused-ring (bicyclic) bond motifs is 1. The number of benzene rings is 1. The van der Waals surface area contributed by atoms with Crippen molar-refractivity contribution in [2.24, 2.45) is 7.05 Å². The average molecular weight is 711 g/mol. The van der Waals surface area contributed by atoms with E-state index in [0.29, 0.717) is 60.7 Å². The molecule has 6 heterocycles. The fraction of sp³-hybridized carbons (Fsp3) is 0.351. The molecule has 4 aromatic heterocycles. The number of sulfonamides is 1. The monoisotopic (exact) mass is 710 g/mol. The van der Waals surface area contributed by atoms with Gasteiger partial charge >= 0.3 is 0 Å². The normalized spacial score (nSPS) is 15.9. The number of hydrogen-bond donors (Lipinski definition) is 2. The molecule has 0 unspecified atom stereocenters. The van der Waals surface area contributed by atoms with E-state index in [1.807, 2.05) is 61.7 Å². The highest BCUT2D eigenvalue weighted by Gasteiger charge is 2.36. The third kappa shape index (κ3) is 6.86. The molecule has 0 saturated carbocycles. The maximum Gasteiger partial charge on any atom is 0.273 e. The Morgan fingerprint density at radius 3 is 2.25 bits per heavy atom. The molecule has 2 aliphatic rings. The van der Waals surface area contributed by atoms with E-state index in [9.17, 15) is 18.0 Å². The maximum absolute atomic E-state index is 13.4. The summed E-state index contributed by atoms with van der Waals surface area (Å²) in [6, 6.07) is 18.9. The van der Waals surface area contributed by atoms with E-state index in [0.717, 1.165) is 30.0 Å². The van der Waals surface area contributed by atoms with Gasteiger partial charge in [0, 0.05) is 69.0 Å². The molecule has 5 aromatic rings. The number of pyridine rings is 3. The van der Waals surface area contributed by atoms with Crippen LogP contribution in [0.4, 0.5) is 11.4 Å². The first kappa shape index (κ1) is 34.4. The summed E-state index contributed by atoms with van der Waals surface area (Å²) in [4.78, 5) is 39.6. The molecular weight excluding hydrogens is 669 g/mol. The minimum atomic E-state index is -3.64. The first-order valence-corrected chi connectivity index (χ1v) is 18.8. The Bertz CT molecular complexity index is 2170. The molecule has 0 atom stereocenters. The molecule has 14 heteroatoms. The van der Waals surface area contributed by atoms with Crippen molar-refractivity contribution in [2.75, 3.05) is 61.7 Å². The summed E-state index contributed by atoms with van der Waals surface area (Å²) < 4.78 is 37.7. The van der Waals surface area contributed by atoms with Crippen LogP contribution in [0.5, 0.6) is 0 Å². The predicted octanol–water partition coefficient (Wildman–Crippen LogP) is 3.33. The number of amides is 1. The van der Waals surface area contributed by atoms with Crippen molar-refractivity contribution in [3.05, 3.63) is 107 Å². The van der Waals surface area contributed by atoms with Crippen molar-refractivity contribution in [3.63, 3.8) is 0 Å². The molecule has 2 N–H and O–H groups in total. The number of anilines is 2.